The van der Waals surface area contributed by atoms with Gasteiger partial charge in [-0.1, -0.05) is 13.8 Å². The molecule has 0 aliphatic carbocycles. The zero-order valence-electron chi connectivity index (χ0n) is 11.8. The van der Waals surface area contributed by atoms with Crippen LogP contribution in [0.1, 0.15) is 30.6 Å². The third-order valence-corrected chi connectivity index (χ3v) is 3.82. The van der Waals surface area contributed by atoms with Gasteiger partial charge in [0.2, 0.25) is 0 Å². The largest absolute Gasteiger partial charge is 0.338 e. The number of benzene rings is 1. The average molecular weight is 282 g/mol. The van der Waals surface area contributed by atoms with Crippen LogP contribution in [-0.4, -0.2) is 36.5 Å². The predicted molar refractivity (Wildman–Crippen MR) is 73.5 cm³/mol. The summed E-state index contributed by atoms with van der Waals surface area (Å²) in [7, 11) is 0. The minimum absolute atomic E-state index is 0.181. The Kier molecular flexibility index (Phi) is 4.70. The molecule has 1 N–H and O–H groups in total. The Morgan fingerprint density at radius 1 is 1.45 bits per heavy atom. The standard InChI is InChI=1S/C15H20F2N2O/c1-3-18-14-6-7-19(9-10(14)2)15(20)12-8-11(16)4-5-13(12)17/h4-5,8,10,14,18H,3,6-7,9H2,1-2H3. The highest BCUT2D eigenvalue weighted by molar-refractivity contribution is 5.94. The van der Waals surface area contributed by atoms with Crippen molar-refractivity contribution in [2.45, 2.75) is 26.3 Å². The highest BCUT2D eigenvalue weighted by atomic mass is 19.1. The molecule has 1 amide bonds. The first-order valence-electron chi connectivity index (χ1n) is 7.00. The van der Waals surface area contributed by atoms with Crippen molar-refractivity contribution in [3.05, 3.63) is 35.4 Å². The van der Waals surface area contributed by atoms with E-state index in [2.05, 4.69) is 12.2 Å². The minimum atomic E-state index is -0.669. The highest BCUT2D eigenvalue weighted by Crippen LogP contribution is 2.20. The molecule has 1 aliphatic rings. The van der Waals surface area contributed by atoms with E-state index < -0.39 is 17.5 Å². The first-order chi connectivity index (χ1) is 9.52. The van der Waals surface area contributed by atoms with E-state index >= 15 is 0 Å². The summed E-state index contributed by atoms with van der Waals surface area (Å²) in [5, 5.41) is 3.38. The summed E-state index contributed by atoms with van der Waals surface area (Å²) in [5.74, 6) is -1.39. The van der Waals surface area contributed by atoms with Crippen LogP contribution in [0.25, 0.3) is 0 Å². The summed E-state index contributed by atoms with van der Waals surface area (Å²) in [6, 6.07) is 3.36. The van der Waals surface area contributed by atoms with Gasteiger partial charge in [0.1, 0.15) is 11.6 Å². The summed E-state index contributed by atoms with van der Waals surface area (Å²) in [4.78, 5) is 13.9. The fraction of sp³-hybridized carbons (Fsp3) is 0.533. The van der Waals surface area contributed by atoms with E-state index in [-0.39, 0.29) is 5.56 Å². The molecule has 2 unspecified atom stereocenters. The fourth-order valence-electron chi connectivity index (χ4n) is 2.73. The van der Waals surface area contributed by atoms with E-state index in [0.29, 0.717) is 25.0 Å². The number of likely N-dealkylation sites (tertiary alicyclic amines) is 1. The molecule has 1 aromatic carbocycles. The third-order valence-electron chi connectivity index (χ3n) is 3.82. The van der Waals surface area contributed by atoms with Crippen molar-refractivity contribution in [1.82, 2.24) is 10.2 Å². The Morgan fingerprint density at radius 3 is 2.85 bits per heavy atom. The zero-order valence-corrected chi connectivity index (χ0v) is 11.8. The first kappa shape index (κ1) is 14.9. The number of piperidine rings is 1. The van der Waals surface area contributed by atoms with E-state index in [1.807, 2.05) is 6.92 Å². The van der Waals surface area contributed by atoms with Crippen LogP contribution in [0.5, 0.6) is 0 Å². The SMILES string of the molecule is CCNC1CCN(C(=O)c2cc(F)ccc2F)CC1C. The van der Waals surface area contributed by atoms with Gasteiger partial charge in [-0.3, -0.25) is 4.79 Å². The average Bonchev–Trinajstić information content (AvgIpc) is 2.43. The number of halogens is 2. The number of nitrogens with zero attached hydrogens (tertiary/aromatic N) is 1. The van der Waals surface area contributed by atoms with Gasteiger partial charge in [0.05, 0.1) is 5.56 Å². The van der Waals surface area contributed by atoms with Gasteiger partial charge < -0.3 is 10.2 Å². The van der Waals surface area contributed by atoms with Crippen molar-refractivity contribution < 1.29 is 13.6 Å². The number of carbonyl (C=O) groups excluding carboxylic acids is 1. The molecule has 3 nitrogen and oxygen atoms in total. The number of nitrogens with one attached hydrogen (secondary N) is 1. The molecule has 1 aliphatic heterocycles. The van der Waals surface area contributed by atoms with E-state index in [9.17, 15) is 13.6 Å². The van der Waals surface area contributed by atoms with Crippen LogP contribution in [0.2, 0.25) is 0 Å². The molecule has 1 heterocycles. The third kappa shape index (κ3) is 3.15. The van der Waals surface area contributed by atoms with Gasteiger partial charge in [-0.25, -0.2) is 8.78 Å². The Hall–Kier alpha value is -1.49. The van der Waals surface area contributed by atoms with Crippen molar-refractivity contribution in [3.63, 3.8) is 0 Å². The summed E-state index contributed by atoms with van der Waals surface area (Å²) in [6.07, 6.45) is 0.831. The van der Waals surface area contributed by atoms with Crippen molar-refractivity contribution in [1.29, 1.82) is 0 Å². The molecule has 0 aromatic heterocycles. The van der Waals surface area contributed by atoms with Gasteiger partial charge in [0, 0.05) is 19.1 Å². The van der Waals surface area contributed by atoms with Crippen molar-refractivity contribution in [2.75, 3.05) is 19.6 Å². The Bertz CT molecular complexity index is 493. The molecule has 2 atom stereocenters. The van der Waals surface area contributed by atoms with Gasteiger partial charge in [0.25, 0.3) is 5.91 Å². The van der Waals surface area contributed by atoms with Gasteiger partial charge in [-0.05, 0) is 37.1 Å². The normalized spacial score (nSPS) is 22.9. The molecule has 0 radical (unpaired) electrons. The summed E-state index contributed by atoms with van der Waals surface area (Å²) in [5.41, 5.74) is -0.181. The van der Waals surface area contributed by atoms with E-state index in [1.165, 1.54) is 0 Å². The highest BCUT2D eigenvalue weighted by Gasteiger charge is 2.29. The van der Waals surface area contributed by atoms with Gasteiger partial charge in [-0.15, -0.1) is 0 Å². The second-order valence-electron chi connectivity index (χ2n) is 5.31. The quantitative estimate of drug-likeness (QED) is 0.923. The van der Waals surface area contributed by atoms with Crippen LogP contribution in [0.4, 0.5) is 8.78 Å². The summed E-state index contributed by atoms with van der Waals surface area (Å²) in [6.45, 7) is 6.13. The van der Waals surface area contributed by atoms with Crippen molar-refractivity contribution >= 4 is 5.91 Å². The van der Waals surface area contributed by atoms with Gasteiger partial charge in [0.15, 0.2) is 0 Å². The smallest absolute Gasteiger partial charge is 0.256 e. The number of rotatable bonds is 3. The molecule has 0 spiro atoms. The molecular formula is C15H20F2N2O. The molecule has 1 saturated heterocycles. The number of hydrogen-bond donors (Lipinski definition) is 1. The number of hydrogen-bond acceptors (Lipinski definition) is 2. The fourth-order valence-corrected chi connectivity index (χ4v) is 2.73. The second-order valence-corrected chi connectivity index (χ2v) is 5.31. The van der Waals surface area contributed by atoms with E-state index in [4.69, 9.17) is 0 Å². The van der Waals surface area contributed by atoms with E-state index in [0.717, 1.165) is 31.2 Å². The molecular weight excluding hydrogens is 262 g/mol. The predicted octanol–water partition coefficient (Wildman–Crippen LogP) is 2.42. The van der Waals surface area contributed by atoms with Crippen LogP contribution in [-0.2, 0) is 0 Å². The topological polar surface area (TPSA) is 32.3 Å². The molecule has 2 rings (SSSR count). The minimum Gasteiger partial charge on any atom is -0.338 e. The molecule has 1 fully saturated rings. The first-order valence-corrected chi connectivity index (χ1v) is 7.00. The van der Waals surface area contributed by atoms with E-state index in [1.54, 1.807) is 4.90 Å². The van der Waals surface area contributed by atoms with Gasteiger partial charge >= 0.3 is 0 Å². The Labute approximate surface area is 118 Å². The van der Waals surface area contributed by atoms with Crippen molar-refractivity contribution in [3.8, 4) is 0 Å². The lowest BCUT2D eigenvalue weighted by molar-refractivity contribution is 0.0641. The zero-order chi connectivity index (χ0) is 14.7. The molecule has 0 saturated carbocycles. The maximum Gasteiger partial charge on any atom is 0.256 e. The molecule has 0 bridgehead atoms. The maximum absolute atomic E-state index is 13.6. The molecule has 1 aromatic rings. The lowest BCUT2D eigenvalue weighted by Gasteiger charge is -2.37. The van der Waals surface area contributed by atoms with Crippen LogP contribution in [0, 0.1) is 17.6 Å². The van der Waals surface area contributed by atoms with Crippen molar-refractivity contribution in [2.24, 2.45) is 5.92 Å². The molecule has 110 valence electrons. The second kappa shape index (κ2) is 6.31. The van der Waals surface area contributed by atoms with Crippen LogP contribution in [0.3, 0.4) is 0 Å². The molecule has 5 heteroatoms. The number of amides is 1. The van der Waals surface area contributed by atoms with Crippen LogP contribution >= 0.6 is 0 Å². The van der Waals surface area contributed by atoms with Crippen LogP contribution < -0.4 is 5.32 Å². The van der Waals surface area contributed by atoms with Gasteiger partial charge in [-0.2, -0.15) is 0 Å². The Morgan fingerprint density at radius 2 is 2.20 bits per heavy atom. The molecule has 20 heavy (non-hydrogen) atoms. The monoisotopic (exact) mass is 282 g/mol. The summed E-state index contributed by atoms with van der Waals surface area (Å²) >= 11 is 0. The van der Waals surface area contributed by atoms with Crippen LogP contribution in [0.15, 0.2) is 18.2 Å². The maximum atomic E-state index is 13.6. The lowest BCUT2D eigenvalue weighted by Crippen LogP contribution is -2.50. The number of carbonyl (C=O) groups is 1. The Balaban J connectivity index is 2.09. The lowest BCUT2D eigenvalue weighted by atomic mass is 9.93. The summed E-state index contributed by atoms with van der Waals surface area (Å²) < 4.78 is 26.8.